The average molecular weight is 641 g/mol. The molecule has 6 rings (SSSR count). The number of sulfonamides is 1. The van der Waals surface area contributed by atoms with E-state index in [1.807, 2.05) is 4.72 Å². The molecule has 3 heterocycles. The minimum absolute atomic E-state index is 0.000644. The van der Waals surface area contributed by atoms with Gasteiger partial charge in [0.2, 0.25) is 0 Å². The van der Waals surface area contributed by atoms with Crippen LogP contribution in [0.2, 0.25) is 0 Å². The van der Waals surface area contributed by atoms with Crippen LogP contribution in [0.3, 0.4) is 0 Å². The van der Waals surface area contributed by atoms with E-state index in [2.05, 4.69) is 10.3 Å². The number of H-pyrrole nitrogens is 1. The molecule has 0 spiro atoms. The number of anilines is 1. The third kappa shape index (κ3) is 5.53. The lowest BCUT2D eigenvalue weighted by molar-refractivity contribution is -0.137. The molecule has 0 aliphatic carbocycles. The zero-order valence-corrected chi connectivity index (χ0v) is 23.6. The van der Waals surface area contributed by atoms with Crippen molar-refractivity contribution < 1.29 is 40.3 Å². The van der Waals surface area contributed by atoms with Gasteiger partial charge < -0.3 is 19.6 Å². The van der Waals surface area contributed by atoms with Gasteiger partial charge in [-0.15, -0.1) is 0 Å². The summed E-state index contributed by atoms with van der Waals surface area (Å²) in [7, 11) is -4.69. The molecule has 0 radical (unpaired) electrons. The summed E-state index contributed by atoms with van der Waals surface area (Å²) in [6.45, 7) is -0.690. The number of fused-ring (bicyclic) bond motifs is 2. The summed E-state index contributed by atoms with van der Waals surface area (Å²) in [5.41, 5.74) is -2.84. The molecule has 0 saturated heterocycles. The normalized spacial score (nSPS) is 13.2. The van der Waals surface area contributed by atoms with Crippen LogP contribution in [0.1, 0.15) is 21.6 Å². The highest BCUT2D eigenvalue weighted by atomic mass is 32.2. The van der Waals surface area contributed by atoms with E-state index >= 15 is 0 Å². The number of pyridine rings is 1. The summed E-state index contributed by atoms with van der Waals surface area (Å²) in [5, 5.41) is 2.26. The van der Waals surface area contributed by atoms with Gasteiger partial charge in [-0.2, -0.15) is 13.2 Å². The van der Waals surface area contributed by atoms with Crippen molar-refractivity contribution in [2.24, 2.45) is 0 Å². The fourth-order valence-electron chi connectivity index (χ4n) is 5.08. The van der Waals surface area contributed by atoms with Crippen LogP contribution in [0.15, 0.2) is 88.7 Å². The minimum Gasteiger partial charge on any atom is -0.482 e. The Morgan fingerprint density at radius 2 is 1.78 bits per heavy atom. The minimum atomic E-state index is -4.81. The third-order valence-corrected chi connectivity index (χ3v) is 8.43. The number of halogens is 4. The Labute approximate surface area is 251 Å². The molecule has 2 amide bonds. The van der Waals surface area contributed by atoms with Crippen molar-refractivity contribution in [2.45, 2.75) is 17.6 Å². The third-order valence-electron chi connectivity index (χ3n) is 7.10. The van der Waals surface area contributed by atoms with Crippen LogP contribution in [0.4, 0.5) is 23.2 Å². The monoisotopic (exact) mass is 640 g/mol. The van der Waals surface area contributed by atoms with Crippen molar-refractivity contribution in [3.63, 3.8) is 0 Å². The summed E-state index contributed by atoms with van der Waals surface area (Å²) < 4.78 is 91.5. The van der Waals surface area contributed by atoms with E-state index in [0.717, 1.165) is 41.0 Å². The van der Waals surface area contributed by atoms with E-state index < -0.39 is 62.1 Å². The number of hydrogen-bond donors (Lipinski definition) is 3. The number of alkyl halides is 3. The predicted molar refractivity (Wildman–Crippen MR) is 154 cm³/mol. The molecule has 1 aliphatic rings. The van der Waals surface area contributed by atoms with Gasteiger partial charge in [0.1, 0.15) is 17.3 Å². The van der Waals surface area contributed by atoms with Gasteiger partial charge in [-0.3, -0.25) is 14.4 Å². The van der Waals surface area contributed by atoms with E-state index in [0.29, 0.717) is 0 Å². The molecular weight excluding hydrogens is 620 g/mol. The average Bonchev–Trinajstić information content (AvgIpc) is 3.30. The molecule has 0 fully saturated rings. The standard InChI is InChI=1S/C30H20F4N4O6S/c31-21-6-2-1-4-16(21)14-38-23-9-7-17(30(32,33)34)12-20(23)26(19-5-3-11-35-28(19)40)27(38)29(41)37-45(42,43)18-8-10-24-22(13-18)36-25(39)15-44-24/h1-13H,14-15H2,(H,35,40)(H,36,39)(H,37,41). The highest BCUT2D eigenvalue weighted by molar-refractivity contribution is 7.90. The van der Waals surface area contributed by atoms with Crippen molar-refractivity contribution in [3.05, 3.63) is 112 Å². The van der Waals surface area contributed by atoms with Gasteiger partial charge >= 0.3 is 6.18 Å². The van der Waals surface area contributed by atoms with E-state index in [4.69, 9.17) is 4.74 Å². The highest BCUT2D eigenvalue weighted by Gasteiger charge is 2.34. The van der Waals surface area contributed by atoms with Gasteiger partial charge in [0.05, 0.1) is 22.7 Å². The maximum Gasteiger partial charge on any atom is 0.416 e. The zero-order chi connectivity index (χ0) is 32.1. The van der Waals surface area contributed by atoms with Crippen molar-refractivity contribution in [3.8, 4) is 16.9 Å². The van der Waals surface area contributed by atoms with Crippen molar-refractivity contribution in [2.75, 3.05) is 11.9 Å². The summed E-state index contributed by atoms with van der Waals surface area (Å²) >= 11 is 0. The number of aromatic nitrogens is 2. The van der Waals surface area contributed by atoms with Crippen molar-refractivity contribution in [1.29, 1.82) is 0 Å². The summed E-state index contributed by atoms with van der Waals surface area (Å²) in [6, 6.07) is 14.2. The lowest BCUT2D eigenvalue weighted by Gasteiger charge is -2.19. The summed E-state index contributed by atoms with van der Waals surface area (Å²) in [4.78, 5) is 40.7. The molecule has 10 nitrogen and oxygen atoms in total. The molecule has 0 saturated carbocycles. The Bertz CT molecular complexity index is 2190. The van der Waals surface area contributed by atoms with Crippen molar-refractivity contribution >= 4 is 38.4 Å². The van der Waals surface area contributed by atoms with Crippen LogP contribution < -0.4 is 20.3 Å². The lowest BCUT2D eigenvalue weighted by Crippen LogP contribution is -2.33. The number of nitrogens with one attached hydrogen (secondary N) is 3. The van der Waals surface area contributed by atoms with Crippen LogP contribution in [-0.2, 0) is 27.5 Å². The Kier molecular flexibility index (Phi) is 7.19. The van der Waals surface area contributed by atoms with Gasteiger partial charge in [0.25, 0.3) is 27.4 Å². The molecule has 0 unspecified atom stereocenters. The number of carbonyl (C=O) groups is 2. The quantitative estimate of drug-likeness (QED) is 0.231. The van der Waals surface area contributed by atoms with Gasteiger partial charge in [-0.05, 0) is 54.6 Å². The smallest absolute Gasteiger partial charge is 0.416 e. The van der Waals surface area contributed by atoms with Crippen LogP contribution in [0.5, 0.6) is 5.75 Å². The molecule has 3 aromatic carbocycles. The molecule has 5 aromatic rings. The van der Waals surface area contributed by atoms with Crippen LogP contribution in [0, 0.1) is 5.82 Å². The van der Waals surface area contributed by atoms with Crippen LogP contribution >= 0.6 is 0 Å². The summed E-state index contributed by atoms with van der Waals surface area (Å²) in [5.74, 6) is -2.35. The molecule has 3 N–H and O–H groups in total. The van der Waals surface area contributed by atoms with Crippen LogP contribution in [0.25, 0.3) is 22.0 Å². The second-order valence-corrected chi connectivity index (χ2v) is 11.7. The van der Waals surface area contributed by atoms with Gasteiger partial charge in [-0.25, -0.2) is 17.5 Å². The first-order valence-electron chi connectivity index (χ1n) is 13.1. The molecule has 0 atom stereocenters. The Morgan fingerprint density at radius 1 is 1.00 bits per heavy atom. The second-order valence-electron chi connectivity index (χ2n) is 9.97. The van der Waals surface area contributed by atoms with E-state index in [1.54, 1.807) is 0 Å². The Hall–Kier alpha value is -5.44. The number of hydrogen-bond acceptors (Lipinski definition) is 6. The number of rotatable bonds is 6. The lowest BCUT2D eigenvalue weighted by atomic mass is 10.0. The zero-order valence-electron chi connectivity index (χ0n) is 22.7. The first-order chi connectivity index (χ1) is 21.3. The number of aromatic amines is 1. The SMILES string of the molecule is O=C1COc2ccc(S(=O)(=O)NC(=O)c3c(-c4ccc[nH]c4=O)c4cc(C(F)(F)F)ccc4n3Cc3ccccc3F)cc2N1. The van der Waals surface area contributed by atoms with Crippen molar-refractivity contribution in [1.82, 2.24) is 14.3 Å². The Balaban J connectivity index is 1.57. The first-order valence-corrected chi connectivity index (χ1v) is 14.6. The predicted octanol–water partition coefficient (Wildman–Crippen LogP) is 4.65. The maximum atomic E-state index is 14.8. The molecule has 0 bridgehead atoms. The molecule has 15 heteroatoms. The molecule has 2 aromatic heterocycles. The van der Waals surface area contributed by atoms with E-state index in [1.165, 1.54) is 42.6 Å². The molecular formula is C30H20F4N4O6S. The molecule has 45 heavy (non-hydrogen) atoms. The fraction of sp³-hybridized carbons (Fsp3) is 0.100. The summed E-state index contributed by atoms with van der Waals surface area (Å²) in [6.07, 6.45) is -3.53. The Morgan fingerprint density at radius 3 is 2.51 bits per heavy atom. The number of nitrogens with zero attached hydrogens (tertiary/aromatic N) is 1. The topological polar surface area (TPSA) is 139 Å². The largest absolute Gasteiger partial charge is 0.482 e. The van der Waals surface area contributed by atoms with E-state index in [9.17, 15) is 40.4 Å². The first kappa shape index (κ1) is 29.6. The number of carbonyl (C=O) groups excluding carboxylic acids is 2. The second kappa shape index (κ2) is 10.9. The number of ether oxygens (including phenoxy) is 1. The van der Waals surface area contributed by atoms with Gasteiger partial charge in [0.15, 0.2) is 6.61 Å². The van der Waals surface area contributed by atoms with Gasteiger partial charge in [0, 0.05) is 33.8 Å². The maximum absolute atomic E-state index is 14.8. The molecule has 1 aliphatic heterocycles. The fourth-order valence-corrected chi connectivity index (χ4v) is 6.06. The molecule has 230 valence electrons. The van der Waals surface area contributed by atoms with Gasteiger partial charge in [-0.1, -0.05) is 18.2 Å². The van der Waals surface area contributed by atoms with Crippen LogP contribution in [-0.4, -0.2) is 36.4 Å². The number of benzene rings is 3. The van der Waals surface area contributed by atoms with E-state index in [-0.39, 0.29) is 45.6 Å². The highest BCUT2D eigenvalue weighted by Crippen LogP contribution is 2.39. The number of amides is 2.